The molecule has 0 amide bonds. The van der Waals surface area contributed by atoms with Crippen molar-refractivity contribution in [2.75, 3.05) is 24.2 Å². The predicted molar refractivity (Wildman–Crippen MR) is 67.5 cm³/mol. The maximum Gasteiger partial charge on any atom is 0.163 e. The van der Waals surface area contributed by atoms with Gasteiger partial charge in [0.1, 0.15) is 0 Å². The third-order valence-electron chi connectivity index (χ3n) is 2.44. The van der Waals surface area contributed by atoms with Crippen LogP contribution in [-0.4, -0.2) is 24.5 Å². The second kappa shape index (κ2) is 4.68. The average molecular weight is 221 g/mol. The number of aliphatic imine (C=N–C) groups is 1. The van der Waals surface area contributed by atoms with Crippen LogP contribution in [0, 0.1) is 0 Å². The first-order valence-electron chi connectivity index (χ1n) is 5.00. The monoisotopic (exact) mass is 221 g/mol. The van der Waals surface area contributed by atoms with E-state index in [1.165, 1.54) is 11.3 Å². The van der Waals surface area contributed by atoms with Crippen LogP contribution in [0.4, 0.5) is 5.69 Å². The number of nitrogens with two attached hydrogens (primary N) is 1. The van der Waals surface area contributed by atoms with Crippen LogP contribution in [0.1, 0.15) is 5.56 Å². The SMILES string of the molecule is CSC1=NCCN1c1cccc(CN)c1. The number of rotatable bonds is 2. The zero-order valence-electron chi connectivity index (χ0n) is 8.81. The molecular formula is C11H15N3S. The number of amidine groups is 1. The van der Waals surface area contributed by atoms with E-state index in [4.69, 9.17) is 5.73 Å². The van der Waals surface area contributed by atoms with Crippen LogP contribution in [-0.2, 0) is 6.54 Å². The summed E-state index contributed by atoms with van der Waals surface area (Å²) in [5.74, 6) is 0. The van der Waals surface area contributed by atoms with Crippen molar-refractivity contribution < 1.29 is 0 Å². The minimum atomic E-state index is 0.591. The lowest BCUT2D eigenvalue weighted by Gasteiger charge is -2.19. The molecule has 80 valence electrons. The normalized spacial score (nSPS) is 15.6. The van der Waals surface area contributed by atoms with Crippen LogP contribution in [0.3, 0.4) is 0 Å². The first-order valence-corrected chi connectivity index (χ1v) is 6.22. The third kappa shape index (κ3) is 2.16. The first kappa shape index (κ1) is 10.5. The number of anilines is 1. The smallest absolute Gasteiger partial charge is 0.163 e. The molecule has 0 radical (unpaired) electrons. The molecule has 3 nitrogen and oxygen atoms in total. The highest BCUT2D eigenvalue weighted by molar-refractivity contribution is 8.13. The van der Waals surface area contributed by atoms with Crippen molar-refractivity contribution in [3.63, 3.8) is 0 Å². The fourth-order valence-electron chi connectivity index (χ4n) is 1.69. The summed E-state index contributed by atoms with van der Waals surface area (Å²) >= 11 is 1.69. The summed E-state index contributed by atoms with van der Waals surface area (Å²) in [4.78, 5) is 6.68. The van der Waals surface area contributed by atoms with Gasteiger partial charge in [0, 0.05) is 18.8 Å². The lowest BCUT2D eigenvalue weighted by atomic mass is 10.2. The summed E-state index contributed by atoms with van der Waals surface area (Å²) in [5.41, 5.74) is 7.99. The molecule has 2 rings (SSSR count). The molecule has 15 heavy (non-hydrogen) atoms. The molecule has 4 heteroatoms. The van der Waals surface area contributed by atoms with Crippen molar-refractivity contribution in [2.24, 2.45) is 10.7 Å². The Labute approximate surface area is 94.4 Å². The zero-order valence-corrected chi connectivity index (χ0v) is 9.63. The van der Waals surface area contributed by atoms with E-state index >= 15 is 0 Å². The van der Waals surface area contributed by atoms with Gasteiger partial charge in [-0.3, -0.25) is 4.99 Å². The van der Waals surface area contributed by atoms with E-state index in [1.807, 2.05) is 6.07 Å². The van der Waals surface area contributed by atoms with Crippen molar-refractivity contribution in [3.05, 3.63) is 29.8 Å². The number of hydrogen-bond donors (Lipinski definition) is 1. The Hall–Kier alpha value is -1.00. The van der Waals surface area contributed by atoms with Gasteiger partial charge in [0.05, 0.1) is 6.54 Å². The third-order valence-corrected chi connectivity index (χ3v) is 3.16. The van der Waals surface area contributed by atoms with E-state index in [1.54, 1.807) is 11.8 Å². The summed E-state index contributed by atoms with van der Waals surface area (Å²) in [6.45, 7) is 2.46. The lowest BCUT2D eigenvalue weighted by Crippen LogP contribution is -2.24. The van der Waals surface area contributed by atoms with Crippen LogP contribution in [0.5, 0.6) is 0 Å². The Balaban J connectivity index is 2.25. The van der Waals surface area contributed by atoms with Gasteiger partial charge in [0.25, 0.3) is 0 Å². The quantitative estimate of drug-likeness (QED) is 0.826. The molecule has 1 aromatic carbocycles. The van der Waals surface area contributed by atoms with Gasteiger partial charge in [-0.1, -0.05) is 23.9 Å². The first-order chi connectivity index (χ1) is 7.35. The molecule has 1 aliphatic rings. The molecule has 0 bridgehead atoms. The van der Waals surface area contributed by atoms with E-state index < -0.39 is 0 Å². The Morgan fingerprint density at radius 3 is 3.13 bits per heavy atom. The molecule has 2 N–H and O–H groups in total. The summed E-state index contributed by atoms with van der Waals surface area (Å²) in [6, 6.07) is 8.34. The Kier molecular flexibility index (Phi) is 3.28. The Morgan fingerprint density at radius 1 is 1.53 bits per heavy atom. The predicted octanol–water partition coefficient (Wildman–Crippen LogP) is 1.68. The maximum atomic E-state index is 5.63. The van der Waals surface area contributed by atoms with Crippen LogP contribution >= 0.6 is 11.8 Å². The number of nitrogens with zero attached hydrogens (tertiary/aromatic N) is 2. The van der Waals surface area contributed by atoms with Crippen LogP contribution in [0.2, 0.25) is 0 Å². The van der Waals surface area contributed by atoms with Crippen LogP contribution in [0.25, 0.3) is 0 Å². The molecule has 0 atom stereocenters. The molecule has 1 aromatic rings. The molecule has 0 aromatic heterocycles. The highest BCUT2D eigenvalue weighted by Crippen LogP contribution is 2.22. The molecule has 0 unspecified atom stereocenters. The van der Waals surface area contributed by atoms with Crippen molar-refractivity contribution in [3.8, 4) is 0 Å². The van der Waals surface area contributed by atoms with Crippen molar-refractivity contribution in [1.29, 1.82) is 0 Å². The topological polar surface area (TPSA) is 41.6 Å². The standard InChI is InChI=1S/C11H15N3S/c1-15-11-13-5-6-14(11)10-4-2-3-9(7-10)8-12/h2-4,7H,5-6,8,12H2,1H3. The summed E-state index contributed by atoms with van der Waals surface area (Å²) in [5, 5.41) is 1.10. The molecule has 0 saturated carbocycles. The van der Waals surface area contributed by atoms with E-state index in [9.17, 15) is 0 Å². The van der Waals surface area contributed by atoms with Crippen molar-refractivity contribution in [1.82, 2.24) is 0 Å². The number of hydrogen-bond acceptors (Lipinski definition) is 4. The molecule has 0 saturated heterocycles. The fraction of sp³-hybridized carbons (Fsp3) is 0.364. The van der Waals surface area contributed by atoms with E-state index in [2.05, 4.69) is 34.3 Å². The van der Waals surface area contributed by atoms with Crippen LogP contribution < -0.4 is 10.6 Å². The van der Waals surface area contributed by atoms with Gasteiger partial charge in [0.15, 0.2) is 5.17 Å². The second-order valence-corrected chi connectivity index (χ2v) is 4.17. The average Bonchev–Trinajstić information content (AvgIpc) is 2.77. The molecular weight excluding hydrogens is 206 g/mol. The van der Waals surface area contributed by atoms with Gasteiger partial charge in [0.2, 0.25) is 0 Å². The summed E-state index contributed by atoms with van der Waals surface area (Å²) in [7, 11) is 0. The Bertz CT molecular complexity index is 376. The highest BCUT2D eigenvalue weighted by atomic mass is 32.2. The summed E-state index contributed by atoms with van der Waals surface area (Å²) < 4.78 is 0. The molecule has 1 heterocycles. The van der Waals surface area contributed by atoms with Gasteiger partial charge in [-0.05, 0) is 24.0 Å². The van der Waals surface area contributed by atoms with E-state index in [0.29, 0.717) is 6.54 Å². The van der Waals surface area contributed by atoms with Gasteiger partial charge < -0.3 is 10.6 Å². The molecule has 0 spiro atoms. The van der Waals surface area contributed by atoms with E-state index in [-0.39, 0.29) is 0 Å². The lowest BCUT2D eigenvalue weighted by molar-refractivity contribution is 1.01. The summed E-state index contributed by atoms with van der Waals surface area (Å²) in [6.07, 6.45) is 2.06. The van der Waals surface area contributed by atoms with Gasteiger partial charge in [-0.25, -0.2) is 0 Å². The van der Waals surface area contributed by atoms with Gasteiger partial charge in [-0.2, -0.15) is 0 Å². The highest BCUT2D eigenvalue weighted by Gasteiger charge is 2.17. The maximum absolute atomic E-state index is 5.63. The Morgan fingerprint density at radius 2 is 2.40 bits per heavy atom. The minimum absolute atomic E-state index is 0.591. The second-order valence-electron chi connectivity index (χ2n) is 3.39. The molecule has 0 fully saturated rings. The van der Waals surface area contributed by atoms with Crippen molar-refractivity contribution in [2.45, 2.75) is 6.54 Å². The zero-order chi connectivity index (χ0) is 10.7. The fourth-order valence-corrected chi connectivity index (χ4v) is 2.33. The number of thioether (sulfide) groups is 1. The van der Waals surface area contributed by atoms with Crippen LogP contribution in [0.15, 0.2) is 29.3 Å². The molecule has 1 aliphatic heterocycles. The van der Waals surface area contributed by atoms with Crippen molar-refractivity contribution >= 4 is 22.6 Å². The van der Waals surface area contributed by atoms with E-state index in [0.717, 1.165) is 18.3 Å². The molecule has 0 aliphatic carbocycles. The van der Waals surface area contributed by atoms with Gasteiger partial charge >= 0.3 is 0 Å². The largest absolute Gasteiger partial charge is 0.326 e. The van der Waals surface area contributed by atoms with Gasteiger partial charge in [-0.15, -0.1) is 0 Å². The minimum Gasteiger partial charge on any atom is -0.326 e. The number of benzene rings is 1.